The van der Waals surface area contributed by atoms with Crippen LogP contribution in [-0.4, -0.2) is 22.2 Å². The maximum atomic E-state index is 9.10. The molecule has 23 heavy (non-hydrogen) atoms. The number of carboxylic acid groups (broad SMARTS) is 2. The molecular weight excluding hydrogens is 322 g/mol. The topological polar surface area (TPSA) is 110 Å². The zero-order valence-electron chi connectivity index (χ0n) is 12.1. The number of ether oxygens (including phenoxy) is 1. The Hall–Kier alpha value is -2.57. The van der Waals surface area contributed by atoms with Crippen LogP contribution < -0.4 is 10.5 Å². The molecule has 0 amide bonds. The van der Waals surface area contributed by atoms with Gasteiger partial charge in [-0.1, -0.05) is 41.9 Å². The molecule has 0 saturated heterocycles. The molecule has 7 heteroatoms. The highest BCUT2D eigenvalue weighted by Gasteiger charge is 2.04. The number of nitrogens with two attached hydrogens (primary N) is 1. The van der Waals surface area contributed by atoms with Gasteiger partial charge in [0.15, 0.2) is 0 Å². The third-order valence-electron chi connectivity index (χ3n) is 2.69. The van der Waals surface area contributed by atoms with Crippen molar-refractivity contribution >= 4 is 23.5 Å². The van der Waals surface area contributed by atoms with E-state index in [0.717, 1.165) is 21.9 Å². The quantitative estimate of drug-likeness (QED) is 0.739. The van der Waals surface area contributed by atoms with Crippen molar-refractivity contribution in [2.75, 3.05) is 0 Å². The number of halogens is 1. The van der Waals surface area contributed by atoms with Crippen LogP contribution in [0.4, 0.5) is 0 Å². The zero-order chi connectivity index (χ0) is 17.2. The van der Waals surface area contributed by atoms with Crippen LogP contribution in [0.15, 0.2) is 48.5 Å². The number of carbonyl (C=O) groups is 2. The Balaban J connectivity index is 0.000000379. The van der Waals surface area contributed by atoms with Gasteiger partial charge in [0.25, 0.3) is 0 Å². The fourth-order valence-corrected chi connectivity index (χ4v) is 1.69. The molecule has 0 aliphatic heterocycles. The molecule has 0 atom stereocenters. The van der Waals surface area contributed by atoms with E-state index in [1.807, 2.05) is 48.5 Å². The SMILES string of the molecule is NCc1ccc(OCc2ccccc2Cl)cc1.O=C(O)C(=O)O. The van der Waals surface area contributed by atoms with Gasteiger partial charge in [-0.25, -0.2) is 9.59 Å². The Morgan fingerprint density at radius 3 is 2.04 bits per heavy atom. The maximum absolute atomic E-state index is 9.10. The molecule has 6 nitrogen and oxygen atoms in total. The molecule has 0 aliphatic rings. The van der Waals surface area contributed by atoms with Gasteiger partial charge in [-0.05, 0) is 23.8 Å². The van der Waals surface area contributed by atoms with Gasteiger partial charge in [0.2, 0.25) is 0 Å². The summed E-state index contributed by atoms with van der Waals surface area (Å²) in [6, 6.07) is 15.4. The lowest BCUT2D eigenvalue weighted by Gasteiger charge is -2.08. The first-order valence-corrected chi connectivity index (χ1v) is 6.93. The van der Waals surface area contributed by atoms with Crippen LogP contribution in [0, 0.1) is 0 Å². The Labute approximate surface area is 138 Å². The predicted octanol–water partition coefficient (Wildman–Crippen LogP) is 2.53. The van der Waals surface area contributed by atoms with Gasteiger partial charge in [0, 0.05) is 17.1 Å². The van der Waals surface area contributed by atoms with Crippen molar-refractivity contribution in [1.29, 1.82) is 0 Å². The van der Waals surface area contributed by atoms with Crippen LogP contribution in [0.1, 0.15) is 11.1 Å². The average Bonchev–Trinajstić information content (AvgIpc) is 2.55. The molecule has 2 aromatic rings. The summed E-state index contributed by atoms with van der Waals surface area (Å²) >= 11 is 6.04. The van der Waals surface area contributed by atoms with Crippen molar-refractivity contribution in [2.24, 2.45) is 5.73 Å². The lowest BCUT2D eigenvalue weighted by Crippen LogP contribution is -2.09. The first-order valence-electron chi connectivity index (χ1n) is 6.55. The molecule has 0 fully saturated rings. The van der Waals surface area contributed by atoms with E-state index in [2.05, 4.69) is 0 Å². The van der Waals surface area contributed by atoms with Crippen molar-refractivity contribution < 1.29 is 24.5 Å². The minimum Gasteiger partial charge on any atom is -0.489 e. The van der Waals surface area contributed by atoms with Gasteiger partial charge >= 0.3 is 11.9 Å². The van der Waals surface area contributed by atoms with Gasteiger partial charge in [-0.2, -0.15) is 0 Å². The number of hydrogen-bond acceptors (Lipinski definition) is 4. The van der Waals surface area contributed by atoms with E-state index in [4.69, 9.17) is 41.9 Å². The summed E-state index contributed by atoms with van der Waals surface area (Å²) in [6.07, 6.45) is 0. The maximum Gasteiger partial charge on any atom is 0.414 e. The first-order chi connectivity index (χ1) is 10.9. The molecule has 4 N–H and O–H groups in total. The molecule has 0 aliphatic carbocycles. The van der Waals surface area contributed by atoms with Crippen molar-refractivity contribution in [3.8, 4) is 5.75 Å². The second-order valence-electron chi connectivity index (χ2n) is 4.34. The summed E-state index contributed by atoms with van der Waals surface area (Å²) in [4.78, 5) is 18.2. The van der Waals surface area contributed by atoms with E-state index in [-0.39, 0.29) is 0 Å². The van der Waals surface area contributed by atoms with Gasteiger partial charge in [0.05, 0.1) is 0 Å². The standard InChI is InChI=1S/C14H14ClNO.C2H2O4/c15-14-4-2-1-3-12(14)10-17-13-7-5-11(9-16)6-8-13;3-1(4)2(5)6/h1-8H,9-10,16H2;(H,3,4)(H,5,6). The van der Waals surface area contributed by atoms with Crippen LogP contribution in [-0.2, 0) is 22.7 Å². The number of rotatable bonds is 4. The number of benzene rings is 2. The molecule has 0 heterocycles. The second kappa shape index (κ2) is 9.45. The molecule has 0 radical (unpaired) electrons. The van der Waals surface area contributed by atoms with Gasteiger partial charge in [-0.3, -0.25) is 0 Å². The molecule has 0 unspecified atom stereocenters. The van der Waals surface area contributed by atoms with Crippen LogP contribution in [0.25, 0.3) is 0 Å². The molecule has 0 spiro atoms. The van der Waals surface area contributed by atoms with E-state index in [1.165, 1.54) is 0 Å². The normalized spacial score (nSPS) is 9.48. The molecule has 0 bridgehead atoms. The van der Waals surface area contributed by atoms with E-state index in [1.54, 1.807) is 0 Å². The summed E-state index contributed by atoms with van der Waals surface area (Å²) in [5, 5.41) is 15.5. The van der Waals surface area contributed by atoms with Gasteiger partial charge in [0.1, 0.15) is 12.4 Å². The van der Waals surface area contributed by atoms with Crippen LogP contribution >= 0.6 is 11.6 Å². The highest BCUT2D eigenvalue weighted by atomic mass is 35.5. The Kier molecular flexibility index (Phi) is 7.59. The Morgan fingerprint density at radius 2 is 1.57 bits per heavy atom. The highest BCUT2D eigenvalue weighted by Crippen LogP contribution is 2.18. The van der Waals surface area contributed by atoms with Gasteiger partial charge in [-0.15, -0.1) is 0 Å². The lowest BCUT2D eigenvalue weighted by molar-refractivity contribution is -0.159. The second-order valence-corrected chi connectivity index (χ2v) is 4.75. The van der Waals surface area contributed by atoms with E-state index in [0.29, 0.717) is 13.2 Å². The van der Waals surface area contributed by atoms with Crippen molar-refractivity contribution in [2.45, 2.75) is 13.2 Å². The zero-order valence-corrected chi connectivity index (χ0v) is 12.9. The molecule has 0 aromatic heterocycles. The molecule has 122 valence electrons. The summed E-state index contributed by atoms with van der Waals surface area (Å²) < 4.78 is 5.65. The van der Waals surface area contributed by atoms with E-state index in [9.17, 15) is 0 Å². The Morgan fingerprint density at radius 1 is 1.00 bits per heavy atom. The fourth-order valence-electron chi connectivity index (χ4n) is 1.50. The third kappa shape index (κ3) is 6.82. The van der Waals surface area contributed by atoms with Gasteiger partial charge < -0.3 is 20.7 Å². The van der Waals surface area contributed by atoms with Crippen LogP contribution in [0.2, 0.25) is 5.02 Å². The minimum absolute atomic E-state index is 0.474. The lowest BCUT2D eigenvalue weighted by atomic mass is 10.2. The molecule has 2 rings (SSSR count). The molecular formula is C16H16ClNO5. The van der Waals surface area contributed by atoms with Crippen LogP contribution in [0.5, 0.6) is 5.75 Å². The van der Waals surface area contributed by atoms with Crippen molar-refractivity contribution in [3.63, 3.8) is 0 Å². The third-order valence-corrected chi connectivity index (χ3v) is 3.06. The summed E-state index contributed by atoms with van der Waals surface area (Å²) in [5.74, 6) is -2.83. The minimum atomic E-state index is -1.82. The highest BCUT2D eigenvalue weighted by molar-refractivity contribution is 6.31. The summed E-state index contributed by atoms with van der Waals surface area (Å²) in [7, 11) is 0. The molecule has 0 saturated carbocycles. The summed E-state index contributed by atoms with van der Waals surface area (Å²) in [6.45, 7) is 1.02. The number of hydrogen-bond donors (Lipinski definition) is 3. The van der Waals surface area contributed by atoms with E-state index < -0.39 is 11.9 Å². The fraction of sp³-hybridized carbons (Fsp3) is 0.125. The Bertz CT molecular complexity index is 646. The summed E-state index contributed by atoms with van der Waals surface area (Å²) in [5.41, 5.74) is 7.60. The number of aliphatic carboxylic acids is 2. The first kappa shape index (κ1) is 18.5. The predicted molar refractivity (Wildman–Crippen MR) is 85.4 cm³/mol. The van der Waals surface area contributed by atoms with Crippen LogP contribution in [0.3, 0.4) is 0 Å². The van der Waals surface area contributed by atoms with Crippen molar-refractivity contribution in [1.82, 2.24) is 0 Å². The average molecular weight is 338 g/mol. The van der Waals surface area contributed by atoms with Crippen molar-refractivity contribution in [3.05, 3.63) is 64.7 Å². The monoisotopic (exact) mass is 337 g/mol. The largest absolute Gasteiger partial charge is 0.489 e. The smallest absolute Gasteiger partial charge is 0.414 e. The van der Waals surface area contributed by atoms with E-state index >= 15 is 0 Å². The number of carboxylic acids is 2. The molecule has 2 aromatic carbocycles.